The van der Waals surface area contributed by atoms with Gasteiger partial charge in [0.2, 0.25) is 0 Å². The van der Waals surface area contributed by atoms with Gasteiger partial charge in [0.05, 0.1) is 0 Å². The number of primary amides is 1. The molecule has 0 saturated carbocycles. The first-order valence-electron chi connectivity index (χ1n) is 6.52. The lowest BCUT2D eigenvalue weighted by Crippen LogP contribution is -2.38. The Morgan fingerprint density at radius 2 is 1.84 bits per heavy atom. The zero-order valence-corrected chi connectivity index (χ0v) is 11.8. The van der Waals surface area contributed by atoms with Gasteiger partial charge in [-0.2, -0.15) is 0 Å². The summed E-state index contributed by atoms with van der Waals surface area (Å²) in [6, 6.07) is 8.12. The molecule has 0 aliphatic carbocycles. The third kappa shape index (κ3) is 4.91. The molecule has 1 atom stereocenters. The molecule has 1 amide bonds. The monoisotopic (exact) mass is 265 g/mol. The van der Waals surface area contributed by atoms with Gasteiger partial charge in [0.25, 0.3) is 0 Å². The van der Waals surface area contributed by atoms with Gasteiger partial charge in [-0.25, -0.2) is 4.79 Å². The van der Waals surface area contributed by atoms with Crippen molar-refractivity contribution in [2.24, 2.45) is 11.7 Å². The third-order valence-electron chi connectivity index (χ3n) is 3.52. The second kappa shape index (κ2) is 6.57. The topological polar surface area (TPSA) is 72.6 Å². The fraction of sp³-hybridized carbons (Fsp3) is 0.533. The zero-order chi connectivity index (χ0) is 14.5. The zero-order valence-electron chi connectivity index (χ0n) is 11.8. The Bertz CT molecular complexity index is 412. The molecule has 0 radical (unpaired) electrons. The van der Waals surface area contributed by atoms with Crippen LogP contribution in [0, 0.1) is 5.92 Å². The summed E-state index contributed by atoms with van der Waals surface area (Å²) in [6.45, 7) is 5.92. The van der Waals surface area contributed by atoms with Gasteiger partial charge in [0, 0.05) is 6.61 Å². The maximum absolute atomic E-state index is 10.9. The van der Waals surface area contributed by atoms with E-state index < -0.39 is 11.7 Å². The van der Waals surface area contributed by atoms with E-state index in [9.17, 15) is 4.79 Å². The Labute approximate surface area is 114 Å². The van der Waals surface area contributed by atoms with Crippen LogP contribution in [0.3, 0.4) is 0 Å². The molecular weight excluding hydrogens is 242 g/mol. The summed E-state index contributed by atoms with van der Waals surface area (Å²) >= 11 is 0. The van der Waals surface area contributed by atoms with E-state index >= 15 is 0 Å². The van der Waals surface area contributed by atoms with E-state index in [0.29, 0.717) is 6.42 Å². The van der Waals surface area contributed by atoms with Gasteiger partial charge in [-0.15, -0.1) is 0 Å². The van der Waals surface area contributed by atoms with Gasteiger partial charge in [-0.1, -0.05) is 31.2 Å². The van der Waals surface area contributed by atoms with E-state index in [-0.39, 0.29) is 12.5 Å². The minimum Gasteiger partial charge on any atom is -0.443 e. The van der Waals surface area contributed by atoms with Gasteiger partial charge >= 0.3 is 6.09 Å². The van der Waals surface area contributed by atoms with Crippen LogP contribution in [0.2, 0.25) is 0 Å². The summed E-state index contributed by atoms with van der Waals surface area (Å²) in [4.78, 5) is 10.9. The van der Waals surface area contributed by atoms with Gasteiger partial charge in [-0.3, -0.25) is 0 Å². The van der Waals surface area contributed by atoms with Crippen LogP contribution in [0.4, 0.5) is 4.79 Å². The second-order valence-corrected chi connectivity index (χ2v) is 5.42. The van der Waals surface area contributed by atoms with Crippen LogP contribution in [0.1, 0.15) is 31.9 Å². The first-order chi connectivity index (χ1) is 8.85. The maximum atomic E-state index is 10.9. The summed E-state index contributed by atoms with van der Waals surface area (Å²) in [5.41, 5.74) is 6.78. The van der Waals surface area contributed by atoms with Crippen molar-refractivity contribution in [2.45, 2.75) is 39.2 Å². The Morgan fingerprint density at radius 3 is 2.32 bits per heavy atom. The molecule has 0 heterocycles. The standard InChI is InChI=1S/C15H23NO3/c1-11(15(2,3)19-14(16)18)10-13-6-4-12(5-7-13)8-9-17/h4-7,11,17H,8-10H2,1-3H3,(H2,16,18). The highest BCUT2D eigenvalue weighted by Crippen LogP contribution is 2.25. The van der Waals surface area contributed by atoms with Crippen molar-refractivity contribution < 1.29 is 14.6 Å². The smallest absolute Gasteiger partial charge is 0.405 e. The van der Waals surface area contributed by atoms with Crippen LogP contribution in [-0.2, 0) is 17.6 Å². The molecule has 0 fully saturated rings. The van der Waals surface area contributed by atoms with E-state index in [1.807, 2.05) is 45.0 Å². The van der Waals surface area contributed by atoms with Crippen LogP contribution in [0.25, 0.3) is 0 Å². The maximum Gasteiger partial charge on any atom is 0.405 e. The summed E-state index contributed by atoms with van der Waals surface area (Å²) in [6.07, 6.45) is 0.737. The summed E-state index contributed by atoms with van der Waals surface area (Å²) in [7, 11) is 0. The molecule has 0 bridgehead atoms. The number of hydrogen-bond donors (Lipinski definition) is 2. The third-order valence-corrected chi connectivity index (χ3v) is 3.52. The number of aliphatic hydroxyl groups excluding tert-OH is 1. The molecule has 1 rings (SSSR count). The van der Waals surface area contributed by atoms with E-state index in [1.54, 1.807) is 0 Å². The summed E-state index contributed by atoms with van der Waals surface area (Å²) in [5, 5.41) is 8.86. The Kier molecular flexibility index (Phi) is 5.36. The largest absolute Gasteiger partial charge is 0.443 e. The van der Waals surface area contributed by atoms with Crippen molar-refractivity contribution in [1.29, 1.82) is 0 Å². The number of benzene rings is 1. The Morgan fingerprint density at radius 1 is 1.32 bits per heavy atom. The molecule has 1 aromatic rings. The second-order valence-electron chi connectivity index (χ2n) is 5.42. The van der Waals surface area contributed by atoms with Crippen LogP contribution in [0.5, 0.6) is 0 Å². The molecule has 1 aromatic carbocycles. The van der Waals surface area contributed by atoms with E-state index in [0.717, 1.165) is 12.0 Å². The normalized spacial score (nSPS) is 13.1. The number of rotatable bonds is 6. The number of hydrogen-bond acceptors (Lipinski definition) is 3. The summed E-state index contributed by atoms with van der Waals surface area (Å²) < 4.78 is 5.14. The number of carbonyl (C=O) groups excluding carboxylic acids is 1. The molecule has 0 aliphatic rings. The van der Waals surface area contributed by atoms with Gasteiger partial charge in [-0.05, 0) is 43.7 Å². The van der Waals surface area contributed by atoms with Crippen LogP contribution < -0.4 is 5.73 Å². The highest BCUT2D eigenvalue weighted by atomic mass is 16.6. The fourth-order valence-corrected chi connectivity index (χ4v) is 1.93. The fourth-order valence-electron chi connectivity index (χ4n) is 1.93. The Balaban J connectivity index is 2.65. The Hall–Kier alpha value is -1.55. The number of amides is 1. The first-order valence-corrected chi connectivity index (χ1v) is 6.52. The molecule has 1 unspecified atom stereocenters. The number of aliphatic hydroxyl groups is 1. The van der Waals surface area contributed by atoms with Crippen molar-refractivity contribution in [3.63, 3.8) is 0 Å². The van der Waals surface area contributed by atoms with E-state index in [4.69, 9.17) is 15.6 Å². The van der Waals surface area contributed by atoms with E-state index in [1.165, 1.54) is 5.56 Å². The van der Waals surface area contributed by atoms with Crippen LogP contribution in [0.15, 0.2) is 24.3 Å². The van der Waals surface area contributed by atoms with Gasteiger partial charge in [0.15, 0.2) is 0 Å². The first kappa shape index (κ1) is 15.5. The number of carbonyl (C=O) groups is 1. The van der Waals surface area contributed by atoms with Crippen molar-refractivity contribution in [1.82, 2.24) is 0 Å². The summed E-state index contributed by atoms with van der Waals surface area (Å²) in [5.74, 6) is 0.156. The number of ether oxygens (including phenoxy) is 1. The lowest BCUT2D eigenvalue weighted by Gasteiger charge is -2.31. The molecule has 0 spiro atoms. The minimum atomic E-state index is -0.741. The van der Waals surface area contributed by atoms with Crippen molar-refractivity contribution in [2.75, 3.05) is 6.61 Å². The van der Waals surface area contributed by atoms with Crippen molar-refractivity contribution in [3.05, 3.63) is 35.4 Å². The van der Waals surface area contributed by atoms with Gasteiger partial charge in [0.1, 0.15) is 5.60 Å². The highest BCUT2D eigenvalue weighted by Gasteiger charge is 2.29. The molecule has 4 heteroatoms. The molecule has 0 aliphatic heterocycles. The molecule has 0 saturated heterocycles. The molecule has 19 heavy (non-hydrogen) atoms. The average molecular weight is 265 g/mol. The van der Waals surface area contributed by atoms with Crippen LogP contribution >= 0.6 is 0 Å². The quantitative estimate of drug-likeness (QED) is 0.828. The number of nitrogens with two attached hydrogens (primary N) is 1. The van der Waals surface area contributed by atoms with Crippen molar-refractivity contribution >= 4 is 6.09 Å². The van der Waals surface area contributed by atoms with Gasteiger partial charge < -0.3 is 15.6 Å². The average Bonchev–Trinajstić information content (AvgIpc) is 2.30. The lowest BCUT2D eigenvalue weighted by molar-refractivity contribution is 0.00478. The molecule has 3 N–H and O–H groups in total. The van der Waals surface area contributed by atoms with Crippen molar-refractivity contribution in [3.8, 4) is 0 Å². The lowest BCUT2D eigenvalue weighted by atomic mass is 9.86. The predicted octanol–water partition coefficient (Wildman–Crippen LogP) is 2.27. The predicted molar refractivity (Wildman–Crippen MR) is 74.8 cm³/mol. The van der Waals surface area contributed by atoms with Crippen LogP contribution in [-0.4, -0.2) is 23.4 Å². The SMILES string of the molecule is CC(Cc1ccc(CCO)cc1)C(C)(C)OC(N)=O. The molecule has 4 nitrogen and oxygen atoms in total. The highest BCUT2D eigenvalue weighted by molar-refractivity contribution is 5.65. The molecule has 0 aromatic heterocycles. The minimum absolute atomic E-state index is 0.156. The molecule has 106 valence electrons. The molecular formula is C15H23NO3. The van der Waals surface area contributed by atoms with E-state index in [2.05, 4.69) is 0 Å².